The molecule has 2 unspecified atom stereocenters. The van der Waals surface area contributed by atoms with Crippen molar-refractivity contribution in [3.8, 4) is 16.9 Å². The van der Waals surface area contributed by atoms with Crippen molar-refractivity contribution >= 4 is 0 Å². The van der Waals surface area contributed by atoms with E-state index in [2.05, 4.69) is 6.92 Å². The van der Waals surface area contributed by atoms with Crippen LogP contribution in [0.1, 0.15) is 50.7 Å². The predicted octanol–water partition coefficient (Wildman–Crippen LogP) is 6.75. The van der Waals surface area contributed by atoms with Crippen LogP contribution in [0, 0.1) is 5.82 Å². The van der Waals surface area contributed by atoms with Crippen LogP contribution in [0.15, 0.2) is 36.4 Å². The lowest BCUT2D eigenvalue weighted by Gasteiger charge is -2.29. The van der Waals surface area contributed by atoms with Crippen molar-refractivity contribution in [2.24, 2.45) is 0 Å². The van der Waals surface area contributed by atoms with Gasteiger partial charge in [0.05, 0.1) is 31.5 Å². The van der Waals surface area contributed by atoms with Gasteiger partial charge in [0.1, 0.15) is 11.6 Å². The quantitative estimate of drug-likeness (QED) is 0.284. The summed E-state index contributed by atoms with van der Waals surface area (Å²) in [6.45, 7) is 4.94. The SMILES string of the molecule is CCCCOC1CCC(OCc2ccc(-c3ccc(OCC)cc3)c(C(F)(F)F)c2F)CO1. The number of alkyl halides is 3. The molecule has 4 nitrogen and oxygen atoms in total. The number of hydrogen-bond donors (Lipinski definition) is 0. The van der Waals surface area contributed by atoms with E-state index >= 15 is 4.39 Å². The maximum Gasteiger partial charge on any atom is 0.419 e. The number of unbranched alkanes of at least 4 members (excludes halogenated alkanes) is 1. The topological polar surface area (TPSA) is 36.9 Å². The Balaban J connectivity index is 1.69. The zero-order valence-electron chi connectivity index (χ0n) is 18.9. The zero-order chi connectivity index (χ0) is 23.8. The molecule has 0 spiro atoms. The number of halogens is 4. The summed E-state index contributed by atoms with van der Waals surface area (Å²) < 4.78 is 78.7. The molecule has 33 heavy (non-hydrogen) atoms. The summed E-state index contributed by atoms with van der Waals surface area (Å²) in [5, 5.41) is 0. The summed E-state index contributed by atoms with van der Waals surface area (Å²) in [4.78, 5) is 0. The van der Waals surface area contributed by atoms with E-state index in [0.717, 1.165) is 12.8 Å². The zero-order valence-corrected chi connectivity index (χ0v) is 18.9. The molecular weight excluding hydrogens is 440 g/mol. The second-order valence-corrected chi connectivity index (χ2v) is 7.91. The fourth-order valence-corrected chi connectivity index (χ4v) is 3.68. The second kappa shape index (κ2) is 11.8. The summed E-state index contributed by atoms with van der Waals surface area (Å²) in [6.07, 6.45) is -2.23. The van der Waals surface area contributed by atoms with Crippen molar-refractivity contribution in [3.05, 3.63) is 53.3 Å². The first-order valence-corrected chi connectivity index (χ1v) is 11.3. The van der Waals surface area contributed by atoms with Gasteiger partial charge in [-0.15, -0.1) is 0 Å². The summed E-state index contributed by atoms with van der Waals surface area (Å²) in [5.74, 6) is -0.778. The molecule has 3 rings (SSSR count). The van der Waals surface area contributed by atoms with Gasteiger partial charge in [-0.1, -0.05) is 37.6 Å². The third kappa shape index (κ3) is 6.91. The fraction of sp³-hybridized carbons (Fsp3) is 0.520. The van der Waals surface area contributed by atoms with Crippen molar-refractivity contribution in [1.82, 2.24) is 0 Å². The Labute approximate surface area is 191 Å². The Morgan fingerprint density at radius 2 is 1.76 bits per heavy atom. The molecule has 0 radical (unpaired) electrons. The molecule has 0 N–H and O–H groups in total. The fourth-order valence-electron chi connectivity index (χ4n) is 3.68. The summed E-state index contributed by atoms with van der Waals surface area (Å²) in [6, 6.07) is 8.74. The normalized spacial score (nSPS) is 19.0. The van der Waals surface area contributed by atoms with Gasteiger partial charge in [-0.3, -0.25) is 0 Å². The molecule has 0 aromatic heterocycles. The minimum Gasteiger partial charge on any atom is -0.494 e. The Morgan fingerprint density at radius 1 is 1.00 bits per heavy atom. The van der Waals surface area contributed by atoms with Crippen LogP contribution in [0.5, 0.6) is 5.75 Å². The molecule has 0 bridgehead atoms. The molecule has 2 atom stereocenters. The molecule has 8 heteroatoms. The molecule has 0 amide bonds. The van der Waals surface area contributed by atoms with Gasteiger partial charge in [-0.2, -0.15) is 13.2 Å². The number of ether oxygens (including phenoxy) is 4. The van der Waals surface area contributed by atoms with Gasteiger partial charge >= 0.3 is 6.18 Å². The van der Waals surface area contributed by atoms with Crippen molar-refractivity contribution in [1.29, 1.82) is 0 Å². The van der Waals surface area contributed by atoms with E-state index < -0.39 is 17.6 Å². The van der Waals surface area contributed by atoms with Crippen molar-refractivity contribution in [3.63, 3.8) is 0 Å². The van der Waals surface area contributed by atoms with Gasteiger partial charge in [-0.05, 0) is 43.0 Å². The molecule has 2 aromatic carbocycles. The van der Waals surface area contributed by atoms with Gasteiger partial charge < -0.3 is 18.9 Å². The van der Waals surface area contributed by atoms with Gasteiger partial charge in [0.15, 0.2) is 6.29 Å². The van der Waals surface area contributed by atoms with Crippen LogP contribution in [0.4, 0.5) is 17.6 Å². The minimum absolute atomic E-state index is 0.140. The molecule has 1 heterocycles. The van der Waals surface area contributed by atoms with Gasteiger partial charge in [0, 0.05) is 18.6 Å². The van der Waals surface area contributed by atoms with Crippen molar-refractivity contribution < 1.29 is 36.5 Å². The first-order valence-electron chi connectivity index (χ1n) is 11.3. The summed E-state index contributed by atoms with van der Waals surface area (Å²) >= 11 is 0. The lowest BCUT2D eigenvalue weighted by Crippen LogP contribution is -2.33. The van der Waals surface area contributed by atoms with Gasteiger partial charge in [0.2, 0.25) is 0 Å². The standard InChI is InChI=1S/C25H30F4O4/c1-3-5-14-31-22-13-11-20(16-33-22)32-15-18-8-12-21(23(24(18)26)25(27,28)29)17-6-9-19(10-7-17)30-4-2/h6-10,12,20,22H,3-5,11,13-16H2,1-2H3. The van der Waals surface area contributed by atoms with E-state index in [1.165, 1.54) is 24.3 Å². The number of hydrogen-bond acceptors (Lipinski definition) is 4. The third-order valence-corrected chi connectivity index (χ3v) is 5.45. The van der Waals surface area contributed by atoms with Crippen LogP contribution in [-0.4, -0.2) is 32.2 Å². The average molecular weight is 471 g/mol. The number of rotatable bonds is 10. The van der Waals surface area contributed by atoms with Crippen LogP contribution in [0.25, 0.3) is 11.1 Å². The molecule has 2 aromatic rings. The Kier molecular flexibility index (Phi) is 9.11. The van der Waals surface area contributed by atoms with E-state index in [1.807, 2.05) is 6.92 Å². The highest BCUT2D eigenvalue weighted by molar-refractivity contribution is 5.69. The lowest BCUT2D eigenvalue weighted by atomic mass is 9.96. The Morgan fingerprint density at radius 3 is 2.36 bits per heavy atom. The van der Waals surface area contributed by atoms with Crippen LogP contribution in [-0.2, 0) is 27.0 Å². The highest BCUT2D eigenvalue weighted by atomic mass is 19.4. The molecule has 0 aliphatic carbocycles. The Bertz CT molecular complexity index is 875. The molecule has 1 fully saturated rings. The van der Waals surface area contributed by atoms with Gasteiger partial charge in [-0.25, -0.2) is 4.39 Å². The summed E-state index contributed by atoms with van der Waals surface area (Å²) in [5.41, 5.74) is -1.40. The molecule has 182 valence electrons. The lowest BCUT2D eigenvalue weighted by molar-refractivity contribution is -0.196. The smallest absolute Gasteiger partial charge is 0.419 e. The molecule has 1 aliphatic rings. The first-order chi connectivity index (χ1) is 15.8. The van der Waals surface area contributed by atoms with Crippen LogP contribution >= 0.6 is 0 Å². The van der Waals surface area contributed by atoms with E-state index in [-0.39, 0.29) is 42.3 Å². The van der Waals surface area contributed by atoms with E-state index in [9.17, 15) is 13.2 Å². The highest BCUT2D eigenvalue weighted by Gasteiger charge is 2.38. The van der Waals surface area contributed by atoms with Crippen molar-refractivity contribution in [2.75, 3.05) is 19.8 Å². The highest BCUT2D eigenvalue weighted by Crippen LogP contribution is 2.40. The maximum atomic E-state index is 15.0. The molecule has 1 aliphatic heterocycles. The first kappa shape index (κ1) is 25.5. The van der Waals surface area contributed by atoms with E-state index in [4.69, 9.17) is 18.9 Å². The second-order valence-electron chi connectivity index (χ2n) is 7.91. The molecule has 1 saturated heterocycles. The van der Waals surface area contributed by atoms with E-state index in [1.54, 1.807) is 12.1 Å². The van der Waals surface area contributed by atoms with Crippen LogP contribution < -0.4 is 4.74 Å². The van der Waals surface area contributed by atoms with Crippen LogP contribution in [0.2, 0.25) is 0 Å². The monoisotopic (exact) mass is 470 g/mol. The third-order valence-electron chi connectivity index (χ3n) is 5.45. The van der Waals surface area contributed by atoms with Crippen molar-refractivity contribution in [2.45, 2.75) is 64.7 Å². The number of benzene rings is 2. The van der Waals surface area contributed by atoms with E-state index in [0.29, 0.717) is 31.8 Å². The largest absolute Gasteiger partial charge is 0.494 e. The van der Waals surface area contributed by atoms with Crippen LogP contribution in [0.3, 0.4) is 0 Å². The summed E-state index contributed by atoms with van der Waals surface area (Å²) in [7, 11) is 0. The molecule has 0 saturated carbocycles. The average Bonchev–Trinajstić information content (AvgIpc) is 2.79. The van der Waals surface area contributed by atoms with Gasteiger partial charge in [0.25, 0.3) is 0 Å². The molecular formula is C25H30F4O4. The maximum absolute atomic E-state index is 15.0. The predicted molar refractivity (Wildman–Crippen MR) is 116 cm³/mol. The Hall–Kier alpha value is -2.16. The minimum atomic E-state index is -4.86.